The van der Waals surface area contributed by atoms with E-state index in [1.807, 2.05) is 13.8 Å². The van der Waals surface area contributed by atoms with Gasteiger partial charge in [-0.25, -0.2) is 13.1 Å². The lowest BCUT2D eigenvalue weighted by molar-refractivity contribution is -0.128. The first-order valence-electron chi connectivity index (χ1n) is 7.17. The number of hydrogen-bond acceptors (Lipinski definition) is 4. The van der Waals surface area contributed by atoms with Gasteiger partial charge in [-0.2, -0.15) is 0 Å². The first-order valence-corrected chi connectivity index (χ1v) is 8.82. The van der Waals surface area contributed by atoms with Gasteiger partial charge in [0.25, 0.3) is 0 Å². The van der Waals surface area contributed by atoms with Gasteiger partial charge < -0.3 is 4.74 Å². The quantitative estimate of drug-likeness (QED) is 0.803. The van der Waals surface area contributed by atoms with Gasteiger partial charge in [-0.3, -0.25) is 4.79 Å². The maximum absolute atomic E-state index is 12.4. The third-order valence-electron chi connectivity index (χ3n) is 5.37. The number of Topliss-reactive ketones (excluding diaryl/α,β-unsaturated/α-hetero) is 1. The molecule has 0 aliphatic heterocycles. The van der Waals surface area contributed by atoms with Crippen molar-refractivity contribution in [2.45, 2.75) is 46.1 Å². The highest BCUT2D eigenvalue weighted by atomic mass is 32.2. The van der Waals surface area contributed by atoms with Crippen LogP contribution in [0.2, 0.25) is 0 Å². The molecule has 2 rings (SSSR count). The van der Waals surface area contributed by atoms with Crippen molar-refractivity contribution in [2.24, 2.45) is 16.7 Å². The number of nitrogens with one attached hydrogen (secondary N) is 1. The molecule has 0 aromatic rings. The van der Waals surface area contributed by atoms with E-state index in [0.29, 0.717) is 25.4 Å². The highest BCUT2D eigenvalue weighted by Crippen LogP contribution is 2.64. The molecule has 2 aliphatic carbocycles. The van der Waals surface area contributed by atoms with E-state index in [1.54, 1.807) is 6.92 Å². The van der Waals surface area contributed by atoms with Crippen LogP contribution in [-0.4, -0.2) is 39.7 Å². The summed E-state index contributed by atoms with van der Waals surface area (Å²) in [6.07, 6.45) is 2.20. The average molecular weight is 303 g/mol. The van der Waals surface area contributed by atoms with Crippen LogP contribution in [0.3, 0.4) is 0 Å². The number of ketones is 1. The summed E-state index contributed by atoms with van der Waals surface area (Å²) in [4.78, 5) is 12.3. The van der Waals surface area contributed by atoms with Crippen molar-refractivity contribution in [3.8, 4) is 0 Å². The molecule has 3 atom stereocenters. The standard InChI is InChI=1S/C14H25NO4S/c1-10(8-19-4)15-20(17,18)9-14-6-5-11(7-12(14)16)13(14,2)3/h10-11,15H,5-9H2,1-4H3/t10-,11+,14+/m1/s1. The second-order valence-electron chi connectivity index (χ2n) is 6.90. The summed E-state index contributed by atoms with van der Waals surface area (Å²) >= 11 is 0. The molecule has 116 valence electrons. The number of rotatable bonds is 6. The normalized spacial score (nSPS) is 33.6. The van der Waals surface area contributed by atoms with Crippen molar-refractivity contribution in [2.75, 3.05) is 19.5 Å². The molecular formula is C14H25NO4S. The molecule has 1 N–H and O–H groups in total. The fraction of sp³-hybridized carbons (Fsp3) is 0.929. The maximum atomic E-state index is 12.4. The van der Waals surface area contributed by atoms with Gasteiger partial charge in [-0.05, 0) is 31.1 Å². The minimum absolute atomic E-state index is 0.0869. The van der Waals surface area contributed by atoms with Gasteiger partial charge in [0.1, 0.15) is 5.78 Å². The Morgan fingerprint density at radius 3 is 2.55 bits per heavy atom. The fourth-order valence-electron chi connectivity index (χ4n) is 4.06. The predicted molar refractivity (Wildman–Crippen MR) is 76.8 cm³/mol. The van der Waals surface area contributed by atoms with Crippen LogP contribution < -0.4 is 4.72 Å². The van der Waals surface area contributed by atoms with E-state index >= 15 is 0 Å². The highest BCUT2D eigenvalue weighted by molar-refractivity contribution is 7.89. The molecule has 6 heteroatoms. The molecule has 0 radical (unpaired) electrons. The van der Waals surface area contributed by atoms with Crippen LogP contribution in [0.15, 0.2) is 0 Å². The average Bonchev–Trinajstić information content (AvgIpc) is 2.61. The molecule has 0 aromatic heterocycles. The number of carbonyl (C=O) groups is 1. The van der Waals surface area contributed by atoms with Crippen molar-refractivity contribution in [3.05, 3.63) is 0 Å². The van der Waals surface area contributed by atoms with E-state index in [1.165, 1.54) is 7.11 Å². The molecule has 0 unspecified atom stereocenters. The van der Waals surface area contributed by atoms with Gasteiger partial charge in [-0.1, -0.05) is 13.8 Å². The van der Waals surface area contributed by atoms with Crippen molar-refractivity contribution >= 4 is 15.8 Å². The Kier molecular flexibility index (Phi) is 4.04. The molecule has 0 saturated heterocycles. The number of carbonyl (C=O) groups excluding carboxylic acids is 1. The molecule has 5 nitrogen and oxygen atoms in total. The Balaban J connectivity index is 2.18. The topological polar surface area (TPSA) is 72.5 Å². The summed E-state index contributed by atoms with van der Waals surface area (Å²) in [6.45, 7) is 6.18. The summed E-state index contributed by atoms with van der Waals surface area (Å²) in [7, 11) is -1.95. The summed E-state index contributed by atoms with van der Waals surface area (Å²) in [6, 6.07) is -0.279. The minimum atomic E-state index is -3.49. The van der Waals surface area contributed by atoms with Gasteiger partial charge >= 0.3 is 0 Å². The predicted octanol–water partition coefficient (Wildman–Crippen LogP) is 1.34. The summed E-state index contributed by atoms with van der Waals surface area (Å²) < 4.78 is 32.3. The molecule has 0 aromatic carbocycles. The van der Waals surface area contributed by atoms with Crippen molar-refractivity contribution in [1.29, 1.82) is 0 Å². The zero-order valence-corrected chi connectivity index (χ0v) is 13.5. The Morgan fingerprint density at radius 1 is 1.45 bits per heavy atom. The van der Waals surface area contributed by atoms with Crippen LogP contribution in [0.25, 0.3) is 0 Å². The van der Waals surface area contributed by atoms with Crippen molar-refractivity contribution < 1.29 is 17.9 Å². The zero-order valence-electron chi connectivity index (χ0n) is 12.7. The number of ether oxygens (including phenoxy) is 1. The van der Waals surface area contributed by atoms with E-state index in [-0.39, 0.29) is 23.0 Å². The van der Waals surface area contributed by atoms with Crippen LogP contribution >= 0.6 is 0 Å². The molecule has 0 amide bonds. The molecule has 2 bridgehead atoms. The van der Waals surface area contributed by atoms with Crippen LogP contribution in [-0.2, 0) is 19.6 Å². The minimum Gasteiger partial charge on any atom is -0.383 e. The van der Waals surface area contributed by atoms with Crippen LogP contribution in [0.4, 0.5) is 0 Å². The van der Waals surface area contributed by atoms with Crippen molar-refractivity contribution in [3.63, 3.8) is 0 Å². The maximum Gasteiger partial charge on any atom is 0.212 e. The van der Waals surface area contributed by atoms with E-state index < -0.39 is 15.4 Å². The van der Waals surface area contributed by atoms with Crippen LogP contribution in [0.1, 0.15) is 40.0 Å². The molecule has 2 aliphatic rings. The summed E-state index contributed by atoms with van der Waals surface area (Å²) in [5.74, 6) is 0.376. The number of methoxy groups -OCH3 is 1. The number of hydrogen-bond donors (Lipinski definition) is 1. The lowest BCUT2D eigenvalue weighted by Gasteiger charge is -2.36. The molecule has 2 fully saturated rings. The Labute approximate surface area is 121 Å². The van der Waals surface area contributed by atoms with Gasteiger partial charge in [0.15, 0.2) is 0 Å². The molecule has 0 spiro atoms. The lowest BCUT2D eigenvalue weighted by Crippen LogP contribution is -2.47. The van der Waals surface area contributed by atoms with E-state index in [9.17, 15) is 13.2 Å². The second kappa shape index (κ2) is 5.07. The van der Waals surface area contributed by atoms with Gasteiger partial charge in [-0.15, -0.1) is 0 Å². The molecule has 0 heterocycles. The zero-order chi connectivity index (χ0) is 15.2. The highest BCUT2D eigenvalue weighted by Gasteiger charge is 2.65. The smallest absolute Gasteiger partial charge is 0.212 e. The van der Waals surface area contributed by atoms with Crippen molar-refractivity contribution in [1.82, 2.24) is 4.72 Å². The Hall–Kier alpha value is -0.460. The third-order valence-corrected chi connectivity index (χ3v) is 7.01. The first kappa shape index (κ1) is 15.9. The van der Waals surface area contributed by atoms with E-state index in [2.05, 4.69) is 4.72 Å². The van der Waals surface area contributed by atoms with E-state index in [0.717, 1.165) is 6.42 Å². The van der Waals surface area contributed by atoms with Gasteiger partial charge in [0, 0.05) is 25.0 Å². The molecule has 20 heavy (non-hydrogen) atoms. The Morgan fingerprint density at radius 2 is 2.10 bits per heavy atom. The van der Waals surface area contributed by atoms with E-state index in [4.69, 9.17) is 4.74 Å². The van der Waals surface area contributed by atoms with Gasteiger partial charge in [0.05, 0.1) is 12.4 Å². The Bertz CT molecular complexity index is 499. The number of fused-ring (bicyclic) bond motifs is 2. The second-order valence-corrected chi connectivity index (χ2v) is 8.65. The van der Waals surface area contributed by atoms with Crippen LogP contribution in [0, 0.1) is 16.7 Å². The molecule has 2 saturated carbocycles. The summed E-state index contributed by atoms with van der Waals surface area (Å²) in [5, 5.41) is 0. The first-order chi connectivity index (χ1) is 9.14. The van der Waals surface area contributed by atoms with Gasteiger partial charge in [0.2, 0.25) is 10.0 Å². The monoisotopic (exact) mass is 303 g/mol. The van der Waals surface area contributed by atoms with Crippen LogP contribution in [0.5, 0.6) is 0 Å². The largest absolute Gasteiger partial charge is 0.383 e. The fourth-order valence-corrected chi connectivity index (χ4v) is 6.16. The third kappa shape index (κ3) is 2.42. The summed E-state index contributed by atoms with van der Waals surface area (Å²) in [5.41, 5.74) is -0.917. The lowest BCUT2D eigenvalue weighted by atomic mass is 9.70. The number of sulfonamides is 1. The SMILES string of the molecule is COC[C@@H](C)NS(=O)(=O)C[C@@]12CC[C@@H](CC1=O)C2(C)C. The molecular weight excluding hydrogens is 278 g/mol.